The van der Waals surface area contributed by atoms with Crippen LogP contribution in [0.3, 0.4) is 0 Å². The van der Waals surface area contributed by atoms with Crippen molar-refractivity contribution in [3.8, 4) is 5.75 Å². The van der Waals surface area contributed by atoms with Gasteiger partial charge in [-0.1, -0.05) is 12.1 Å². The van der Waals surface area contributed by atoms with Crippen molar-refractivity contribution in [3.63, 3.8) is 0 Å². The van der Waals surface area contributed by atoms with Gasteiger partial charge in [-0.15, -0.1) is 0 Å². The van der Waals surface area contributed by atoms with Gasteiger partial charge < -0.3 is 14.5 Å². The molecule has 0 aliphatic carbocycles. The molecule has 96 valence electrons. The van der Waals surface area contributed by atoms with Gasteiger partial charge in [0.25, 0.3) is 0 Å². The molecule has 0 aliphatic heterocycles. The van der Waals surface area contributed by atoms with Gasteiger partial charge >= 0.3 is 0 Å². The van der Waals surface area contributed by atoms with Gasteiger partial charge in [-0.2, -0.15) is 0 Å². The number of aryl methyl sites for hydroxylation is 1. The van der Waals surface area contributed by atoms with Crippen LogP contribution in [0.4, 0.5) is 0 Å². The van der Waals surface area contributed by atoms with Crippen molar-refractivity contribution in [2.75, 3.05) is 7.11 Å². The molecule has 4 heteroatoms. The zero-order valence-electron chi connectivity index (χ0n) is 10.9. The summed E-state index contributed by atoms with van der Waals surface area (Å²) in [5, 5.41) is 3.37. The predicted molar refractivity (Wildman–Crippen MR) is 69.5 cm³/mol. The van der Waals surface area contributed by atoms with E-state index in [2.05, 4.69) is 23.3 Å². The van der Waals surface area contributed by atoms with Crippen LogP contribution in [0.5, 0.6) is 5.75 Å². The minimum absolute atomic E-state index is 0.215. The number of benzene rings is 1. The van der Waals surface area contributed by atoms with Crippen molar-refractivity contribution in [1.82, 2.24) is 10.3 Å². The highest BCUT2D eigenvalue weighted by atomic mass is 16.5. The van der Waals surface area contributed by atoms with E-state index in [1.54, 1.807) is 13.3 Å². The van der Waals surface area contributed by atoms with Gasteiger partial charge in [0, 0.05) is 6.04 Å². The Morgan fingerprint density at radius 3 is 2.94 bits per heavy atom. The zero-order chi connectivity index (χ0) is 13.0. The van der Waals surface area contributed by atoms with Crippen LogP contribution >= 0.6 is 0 Å². The van der Waals surface area contributed by atoms with Crippen LogP contribution < -0.4 is 10.1 Å². The van der Waals surface area contributed by atoms with Gasteiger partial charge in [0.15, 0.2) is 0 Å². The van der Waals surface area contributed by atoms with E-state index in [1.807, 2.05) is 25.1 Å². The van der Waals surface area contributed by atoms with E-state index in [0.717, 1.165) is 11.5 Å². The number of hydrogen-bond acceptors (Lipinski definition) is 4. The van der Waals surface area contributed by atoms with Crippen molar-refractivity contribution in [3.05, 3.63) is 47.7 Å². The molecule has 2 aromatic rings. The highest BCUT2D eigenvalue weighted by molar-refractivity contribution is 5.30. The Morgan fingerprint density at radius 1 is 1.44 bits per heavy atom. The highest BCUT2D eigenvalue weighted by Crippen LogP contribution is 2.19. The van der Waals surface area contributed by atoms with Crippen molar-refractivity contribution in [2.24, 2.45) is 0 Å². The van der Waals surface area contributed by atoms with Gasteiger partial charge in [0.1, 0.15) is 11.5 Å². The first kappa shape index (κ1) is 12.6. The third-order valence-electron chi connectivity index (χ3n) is 2.82. The second kappa shape index (κ2) is 5.69. The number of oxazole rings is 1. The average molecular weight is 246 g/mol. The zero-order valence-corrected chi connectivity index (χ0v) is 10.9. The molecule has 0 saturated heterocycles. The second-order valence-corrected chi connectivity index (χ2v) is 4.24. The monoisotopic (exact) mass is 246 g/mol. The summed E-state index contributed by atoms with van der Waals surface area (Å²) < 4.78 is 10.6. The minimum atomic E-state index is 0.215. The summed E-state index contributed by atoms with van der Waals surface area (Å²) in [6.45, 7) is 4.61. The molecule has 1 heterocycles. The first-order valence-corrected chi connectivity index (χ1v) is 5.97. The van der Waals surface area contributed by atoms with Gasteiger partial charge in [-0.05, 0) is 31.5 Å². The molecule has 1 atom stereocenters. The molecule has 0 aliphatic rings. The molecular weight excluding hydrogens is 228 g/mol. The summed E-state index contributed by atoms with van der Waals surface area (Å²) >= 11 is 0. The molecule has 0 amide bonds. The Hall–Kier alpha value is -1.81. The van der Waals surface area contributed by atoms with Gasteiger partial charge in [-0.3, -0.25) is 0 Å². The molecule has 4 nitrogen and oxygen atoms in total. The minimum Gasteiger partial charge on any atom is -0.497 e. The third-order valence-corrected chi connectivity index (χ3v) is 2.82. The summed E-state index contributed by atoms with van der Waals surface area (Å²) in [6, 6.07) is 8.24. The number of nitrogens with one attached hydrogen (secondary N) is 1. The smallest absolute Gasteiger partial charge is 0.208 e. The van der Waals surface area contributed by atoms with Crippen molar-refractivity contribution >= 4 is 0 Å². The lowest BCUT2D eigenvalue weighted by Crippen LogP contribution is -2.18. The SMILES string of the molecule is COc1cccc(C(C)NCc2ncc(C)o2)c1. The molecule has 1 aromatic carbocycles. The van der Waals surface area contributed by atoms with Crippen molar-refractivity contribution in [2.45, 2.75) is 26.4 Å². The first-order chi connectivity index (χ1) is 8.69. The predicted octanol–water partition coefficient (Wildman–Crippen LogP) is 2.84. The van der Waals surface area contributed by atoms with Gasteiger partial charge in [0.2, 0.25) is 5.89 Å². The molecule has 0 saturated carbocycles. The largest absolute Gasteiger partial charge is 0.497 e. The number of methoxy groups -OCH3 is 1. The Balaban J connectivity index is 1.96. The van der Waals surface area contributed by atoms with Crippen LogP contribution in [0.15, 0.2) is 34.9 Å². The fraction of sp³-hybridized carbons (Fsp3) is 0.357. The maximum atomic E-state index is 5.42. The van der Waals surface area contributed by atoms with Crippen LogP contribution in [0.25, 0.3) is 0 Å². The summed E-state index contributed by atoms with van der Waals surface area (Å²) in [4.78, 5) is 4.16. The summed E-state index contributed by atoms with van der Waals surface area (Å²) in [5.74, 6) is 2.41. The van der Waals surface area contributed by atoms with E-state index in [-0.39, 0.29) is 6.04 Å². The number of aromatic nitrogens is 1. The molecule has 0 spiro atoms. The molecule has 0 radical (unpaired) electrons. The first-order valence-electron chi connectivity index (χ1n) is 5.97. The lowest BCUT2D eigenvalue weighted by Gasteiger charge is -2.13. The van der Waals surface area contributed by atoms with E-state index in [4.69, 9.17) is 9.15 Å². The molecule has 2 rings (SSSR count). The molecule has 18 heavy (non-hydrogen) atoms. The molecule has 1 N–H and O–H groups in total. The van der Waals surface area contributed by atoms with Crippen LogP contribution in [0.1, 0.15) is 30.2 Å². The summed E-state index contributed by atoms with van der Waals surface area (Å²) in [7, 11) is 1.67. The van der Waals surface area contributed by atoms with Gasteiger partial charge in [0.05, 0.1) is 19.9 Å². The van der Waals surface area contributed by atoms with Crippen molar-refractivity contribution in [1.29, 1.82) is 0 Å². The van der Waals surface area contributed by atoms with E-state index >= 15 is 0 Å². The van der Waals surface area contributed by atoms with E-state index < -0.39 is 0 Å². The Labute approximate surface area is 107 Å². The summed E-state index contributed by atoms with van der Waals surface area (Å²) in [6.07, 6.45) is 1.73. The summed E-state index contributed by atoms with van der Waals surface area (Å²) in [5.41, 5.74) is 1.18. The fourth-order valence-electron chi connectivity index (χ4n) is 1.75. The molecular formula is C14H18N2O2. The Morgan fingerprint density at radius 2 is 2.28 bits per heavy atom. The molecule has 0 bridgehead atoms. The maximum absolute atomic E-state index is 5.42. The maximum Gasteiger partial charge on any atom is 0.208 e. The standard InChI is InChI=1S/C14H18N2O2/c1-10-8-16-14(18-10)9-15-11(2)12-5-4-6-13(7-12)17-3/h4-8,11,15H,9H2,1-3H3. The second-order valence-electron chi connectivity index (χ2n) is 4.24. The lowest BCUT2D eigenvalue weighted by atomic mass is 10.1. The van der Waals surface area contributed by atoms with E-state index in [1.165, 1.54) is 5.56 Å². The van der Waals surface area contributed by atoms with E-state index in [0.29, 0.717) is 12.4 Å². The number of nitrogens with zero attached hydrogens (tertiary/aromatic N) is 1. The third kappa shape index (κ3) is 3.11. The topological polar surface area (TPSA) is 47.3 Å². The van der Waals surface area contributed by atoms with Gasteiger partial charge in [-0.25, -0.2) is 4.98 Å². The van der Waals surface area contributed by atoms with Crippen LogP contribution in [0.2, 0.25) is 0 Å². The Bertz CT molecular complexity index is 508. The van der Waals surface area contributed by atoms with Crippen LogP contribution in [-0.4, -0.2) is 12.1 Å². The molecule has 1 unspecified atom stereocenters. The highest BCUT2D eigenvalue weighted by Gasteiger charge is 2.07. The Kier molecular flexibility index (Phi) is 3.99. The number of rotatable bonds is 5. The number of ether oxygens (including phenoxy) is 1. The average Bonchev–Trinajstić information content (AvgIpc) is 2.82. The lowest BCUT2D eigenvalue weighted by molar-refractivity contribution is 0.411. The molecule has 1 aromatic heterocycles. The van der Waals surface area contributed by atoms with Crippen LogP contribution in [0, 0.1) is 6.92 Å². The van der Waals surface area contributed by atoms with Crippen LogP contribution in [-0.2, 0) is 6.54 Å². The fourth-order valence-corrected chi connectivity index (χ4v) is 1.75. The number of hydrogen-bond donors (Lipinski definition) is 1. The van der Waals surface area contributed by atoms with Crippen molar-refractivity contribution < 1.29 is 9.15 Å². The normalized spacial score (nSPS) is 12.4. The quantitative estimate of drug-likeness (QED) is 0.881. The molecule has 0 fully saturated rings. The van der Waals surface area contributed by atoms with E-state index in [9.17, 15) is 0 Å².